The molecule has 2 aromatic rings. The molecular weight excluding hydrogens is 240 g/mol. The van der Waals surface area contributed by atoms with Crippen LogP contribution < -0.4 is 10.1 Å². The Morgan fingerprint density at radius 1 is 1.47 bits per heavy atom. The van der Waals surface area contributed by atoms with Crippen LogP contribution in [0.5, 0.6) is 11.6 Å². The Labute approximate surface area is 112 Å². The quantitative estimate of drug-likeness (QED) is 0.864. The molecule has 5 heteroatoms. The molecule has 0 amide bonds. The Bertz CT molecular complexity index is 548. The number of aryl methyl sites for hydroxylation is 1. The number of rotatable bonds is 6. The second-order valence-corrected chi connectivity index (χ2v) is 4.76. The van der Waals surface area contributed by atoms with Crippen molar-refractivity contribution in [3.05, 3.63) is 36.3 Å². The molecule has 1 N–H and O–H groups in total. The highest BCUT2D eigenvalue weighted by molar-refractivity contribution is 5.30. The molecule has 1 fully saturated rings. The van der Waals surface area contributed by atoms with Crippen molar-refractivity contribution in [1.82, 2.24) is 20.1 Å². The molecule has 0 atom stereocenters. The molecule has 19 heavy (non-hydrogen) atoms. The number of pyridine rings is 1. The third-order valence-electron chi connectivity index (χ3n) is 3.16. The van der Waals surface area contributed by atoms with Crippen molar-refractivity contribution in [3.63, 3.8) is 0 Å². The van der Waals surface area contributed by atoms with Gasteiger partial charge in [-0.1, -0.05) is 6.07 Å². The fourth-order valence-electron chi connectivity index (χ4n) is 1.87. The first-order valence-electron chi connectivity index (χ1n) is 6.72. The van der Waals surface area contributed by atoms with E-state index in [1.807, 2.05) is 29.9 Å². The molecule has 1 aliphatic rings. The van der Waals surface area contributed by atoms with Gasteiger partial charge in [0.15, 0.2) is 5.75 Å². The van der Waals surface area contributed by atoms with E-state index >= 15 is 0 Å². The summed E-state index contributed by atoms with van der Waals surface area (Å²) in [5.74, 6) is 1.39. The normalized spacial score (nSPS) is 14.6. The summed E-state index contributed by atoms with van der Waals surface area (Å²) in [6, 6.07) is 4.66. The van der Waals surface area contributed by atoms with Crippen LogP contribution in [0.25, 0.3) is 0 Å². The lowest BCUT2D eigenvalue weighted by molar-refractivity contribution is 0.451. The van der Waals surface area contributed by atoms with Crippen LogP contribution in [0.3, 0.4) is 0 Å². The van der Waals surface area contributed by atoms with Gasteiger partial charge in [-0.05, 0) is 25.8 Å². The van der Waals surface area contributed by atoms with Crippen LogP contribution in [0.15, 0.2) is 30.7 Å². The number of ether oxygens (including phenoxy) is 1. The lowest BCUT2D eigenvalue weighted by Crippen LogP contribution is -2.16. The fourth-order valence-corrected chi connectivity index (χ4v) is 1.87. The van der Waals surface area contributed by atoms with Crippen molar-refractivity contribution < 1.29 is 4.74 Å². The Balaban J connectivity index is 1.71. The maximum atomic E-state index is 5.81. The van der Waals surface area contributed by atoms with Crippen LogP contribution in [-0.2, 0) is 13.1 Å². The Morgan fingerprint density at radius 3 is 3.11 bits per heavy atom. The summed E-state index contributed by atoms with van der Waals surface area (Å²) in [6.07, 6.45) is 7.91. The van der Waals surface area contributed by atoms with E-state index in [9.17, 15) is 0 Å². The van der Waals surface area contributed by atoms with Gasteiger partial charge in [-0.25, -0.2) is 4.98 Å². The van der Waals surface area contributed by atoms with Gasteiger partial charge in [0.05, 0.1) is 12.4 Å². The predicted molar refractivity (Wildman–Crippen MR) is 72.1 cm³/mol. The van der Waals surface area contributed by atoms with Gasteiger partial charge in [-0.2, -0.15) is 5.10 Å². The van der Waals surface area contributed by atoms with E-state index in [0.29, 0.717) is 11.9 Å². The van der Waals surface area contributed by atoms with E-state index in [1.165, 1.54) is 12.8 Å². The van der Waals surface area contributed by atoms with Crippen LogP contribution in [-0.4, -0.2) is 20.8 Å². The number of nitrogens with zero attached hydrogens (tertiary/aromatic N) is 3. The lowest BCUT2D eigenvalue weighted by Gasteiger charge is -2.08. The zero-order valence-electron chi connectivity index (χ0n) is 11.0. The zero-order valence-corrected chi connectivity index (χ0v) is 11.0. The molecular formula is C14H18N4O. The summed E-state index contributed by atoms with van der Waals surface area (Å²) >= 11 is 0. The molecule has 2 heterocycles. The molecule has 1 saturated carbocycles. The zero-order chi connectivity index (χ0) is 13.1. The number of aromatic nitrogens is 3. The fraction of sp³-hybridized carbons (Fsp3) is 0.429. The first-order valence-corrected chi connectivity index (χ1v) is 6.72. The number of hydrogen-bond acceptors (Lipinski definition) is 4. The summed E-state index contributed by atoms with van der Waals surface area (Å²) in [7, 11) is 0. The highest BCUT2D eigenvalue weighted by atomic mass is 16.5. The smallest absolute Gasteiger partial charge is 0.223 e. The molecule has 0 aromatic carbocycles. The maximum Gasteiger partial charge on any atom is 0.223 e. The van der Waals surface area contributed by atoms with Gasteiger partial charge in [0.2, 0.25) is 5.88 Å². The third kappa shape index (κ3) is 3.12. The number of hydrogen-bond donors (Lipinski definition) is 1. The Morgan fingerprint density at radius 2 is 2.37 bits per heavy atom. The topological polar surface area (TPSA) is 52.0 Å². The van der Waals surface area contributed by atoms with Crippen molar-refractivity contribution in [2.24, 2.45) is 0 Å². The predicted octanol–water partition coefficient (Wildman–Crippen LogP) is 2.34. The highest BCUT2D eigenvalue weighted by Gasteiger charge is 2.20. The van der Waals surface area contributed by atoms with Crippen molar-refractivity contribution in [2.45, 2.75) is 38.9 Å². The van der Waals surface area contributed by atoms with Gasteiger partial charge in [0.1, 0.15) is 0 Å². The monoisotopic (exact) mass is 258 g/mol. The molecule has 0 saturated heterocycles. The van der Waals surface area contributed by atoms with Gasteiger partial charge in [0.25, 0.3) is 0 Å². The Hall–Kier alpha value is -1.88. The van der Waals surface area contributed by atoms with Crippen LogP contribution >= 0.6 is 0 Å². The van der Waals surface area contributed by atoms with E-state index in [0.717, 1.165) is 24.4 Å². The molecule has 0 spiro atoms. The van der Waals surface area contributed by atoms with Crippen LogP contribution in [0.1, 0.15) is 25.3 Å². The summed E-state index contributed by atoms with van der Waals surface area (Å²) in [6.45, 7) is 3.68. The van der Waals surface area contributed by atoms with E-state index in [2.05, 4.69) is 15.4 Å². The minimum absolute atomic E-state index is 0.659. The average Bonchev–Trinajstić information content (AvgIpc) is 3.16. The van der Waals surface area contributed by atoms with Crippen LogP contribution in [0, 0.1) is 0 Å². The van der Waals surface area contributed by atoms with E-state index in [-0.39, 0.29) is 0 Å². The third-order valence-corrected chi connectivity index (χ3v) is 3.16. The van der Waals surface area contributed by atoms with Crippen molar-refractivity contribution in [1.29, 1.82) is 0 Å². The standard InChI is InChI=1S/C14H18N4O/c1-2-18-10-13(9-17-18)19-14-11(4-3-7-15-14)8-16-12-5-6-12/h3-4,7,9-10,12,16H,2,5-6,8H2,1H3. The molecule has 2 aromatic heterocycles. The van der Waals surface area contributed by atoms with Gasteiger partial charge in [0, 0.05) is 30.9 Å². The van der Waals surface area contributed by atoms with E-state index in [1.54, 1.807) is 12.4 Å². The van der Waals surface area contributed by atoms with Gasteiger partial charge < -0.3 is 10.1 Å². The van der Waals surface area contributed by atoms with E-state index in [4.69, 9.17) is 4.74 Å². The largest absolute Gasteiger partial charge is 0.435 e. The minimum atomic E-state index is 0.659. The van der Waals surface area contributed by atoms with Crippen molar-refractivity contribution in [3.8, 4) is 11.6 Å². The van der Waals surface area contributed by atoms with Crippen molar-refractivity contribution >= 4 is 0 Å². The van der Waals surface area contributed by atoms with Gasteiger partial charge in [-0.3, -0.25) is 4.68 Å². The lowest BCUT2D eigenvalue weighted by atomic mass is 10.2. The summed E-state index contributed by atoms with van der Waals surface area (Å²) in [5.41, 5.74) is 1.08. The van der Waals surface area contributed by atoms with Crippen molar-refractivity contribution in [2.75, 3.05) is 0 Å². The summed E-state index contributed by atoms with van der Waals surface area (Å²) < 4.78 is 7.64. The molecule has 0 bridgehead atoms. The van der Waals surface area contributed by atoms with Crippen LogP contribution in [0.2, 0.25) is 0 Å². The van der Waals surface area contributed by atoms with E-state index < -0.39 is 0 Å². The van der Waals surface area contributed by atoms with Crippen LogP contribution in [0.4, 0.5) is 0 Å². The number of nitrogens with one attached hydrogen (secondary N) is 1. The highest BCUT2D eigenvalue weighted by Crippen LogP contribution is 2.24. The second kappa shape index (κ2) is 5.40. The molecule has 5 nitrogen and oxygen atoms in total. The van der Waals surface area contributed by atoms with Gasteiger partial charge in [-0.15, -0.1) is 0 Å². The average molecular weight is 258 g/mol. The second-order valence-electron chi connectivity index (χ2n) is 4.76. The molecule has 0 unspecified atom stereocenters. The van der Waals surface area contributed by atoms with Gasteiger partial charge >= 0.3 is 0 Å². The molecule has 100 valence electrons. The summed E-state index contributed by atoms with van der Waals surface area (Å²) in [5, 5.41) is 7.67. The first-order chi connectivity index (χ1) is 9.35. The minimum Gasteiger partial charge on any atom is -0.435 e. The molecule has 0 radical (unpaired) electrons. The maximum absolute atomic E-state index is 5.81. The Kier molecular flexibility index (Phi) is 3.46. The molecule has 3 rings (SSSR count). The summed E-state index contributed by atoms with van der Waals surface area (Å²) in [4.78, 5) is 4.31. The molecule has 1 aliphatic carbocycles. The first kappa shape index (κ1) is 12.2. The molecule has 0 aliphatic heterocycles. The SMILES string of the molecule is CCn1cc(Oc2ncccc2CNC2CC2)cn1.